The lowest BCUT2D eigenvalue weighted by atomic mass is 10.1. The van der Waals surface area contributed by atoms with E-state index < -0.39 is 0 Å². The molecule has 4 rings (SSSR count). The Bertz CT molecular complexity index is 1040. The van der Waals surface area contributed by atoms with Crippen molar-refractivity contribution >= 4 is 52.2 Å². The van der Waals surface area contributed by atoms with Gasteiger partial charge >= 0.3 is 0 Å². The van der Waals surface area contributed by atoms with Crippen molar-refractivity contribution in [1.29, 1.82) is 0 Å². The molecule has 0 saturated carbocycles. The Kier molecular flexibility index (Phi) is 8.03. The minimum atomic E-state index is 0. The van der Waals surface area contributed by atoms with Crippen molar-refractivity contribution in [2.24, 2.45) is 0 Å². The lowest BCUT2D eigenvalue weighted by molar-refractivity contribution is 0.425. The molecule has 2 N–H and O–H groups in total. The third-order valence-electron chi connectivity index (χ3n) is 5.90. The number of anilines is 3. The number of aromatic nitrogens is 4. The Balaban J connectivity index is 0.00000289. The SMILES string of the molecule is CCc1[nH]nc2ncnc(N3CCN(c4cc(Cl)cc(NCCN(C)C)c4C)CC3)c12.Cl. The van der Waals surface area contributed by atoms with Crippen LogP contribution in [-0.4, -0.2) is 78.4 Å². The summed E-state index contributed by atoms with van der Waals surface area (Å²) in [6.45, 7) is 9.73. The number of likely N-dealkylation sites (N-methyl/N-ethyl adjacent to an activating group) is 1. The van der Waals surface area contributed by atoms with Crippen molar-refractivity contribution in [2.45, 2.75) is 20.3 Å². The quantitative estimate of drug-likeness (QED) is 0.536. The van der Waals surface area contributed by atoms with E-state index in [1.54, 1.807) is 6.33 Å². The number of nitrogens with zero attached hydrogens (tertiary/aromatic N) is 6. The summed E-state index contributed by atoms with van der Waals surface area (Å²) >= 11 is 6.48. The Labute approximate surface area is 200 Å². The van der Waals surface area contributed by atoms with E-state index in [1.165, 1.54) is 11.3 Å². The third-order valence-corrected chi connectivity index (χ3v) is 6.12. The molecule has 1 aliphatic rings. The molecule has 0 unspecified atom stereocenters. The van der Waals surface area contributed by atoms with Crippen LogP contribution < -0.4 is 15.1 Å². The highest BCUT2D eigenvalue weighted by Crippen LogP contribution is 2.33. The lowest BCUT2D eigenvalue weighted by Gasteiger charge is -2.38. The maximum Gasteiger partial charge on any atom is 0.186 e. The van der Waals surface area contributed by atoms with Crippen LogP contribution in [0, 0.1) is 6.92 Å². The second kappa shape index (κ2) is 10.6. The number of aromatic amines is 1. The first kappa shape index (κ1) is 24.4. The Morgan fingerprint density at radius 3 is 2.53 bits per heavy atom. The van der Waals surface area contributed by atoms with Crippen LogP contribution in [-0.2, 0) is 6.42 Å². The maximum atomic E-state index is 6.48. The second-order valence-corrected chi connectivity index (χ2v) is 8.69. The van der Waals surface area contributed by atoms with Gasteiger partial charge in [-0.15, -0.1) is 12.4 Å². The molecule has 174 valence electrons. The van der Waals surface area contributed by atoms with Gasteiger partial charge in [-0.25, -0.2) is 9.97 Å². The predicted octanol–water partition coefficient (Wildman–Crippen LogP) is 3.60. The van der Waals surface area contributed by atoms with Crippen molar-refractivity contribution < 1.29 is 0 Å². The van der Waals surface area contributed by atoms with Crippen LogP contribution in [0.15, 0.2) is 18.5 Å². The summed E-state index contributed by atoms with van der Waals surface area (Å²) in [5.74, 6) is 0.976. The van der Waals surface area contributed by atoms with E-state index in [1.807, 2.05) is 6.07 Å². The molecule has 1 fully saturated rings. The summed E-state index contributed by atoms with van der Waals surface area (Å²) in [5.41, 5.74) is 5.37. The highest BCUT2D eigenvalue weighted by molar-refractivity contribution is 6.31. The minimum Gasteiger partial charge on any atom is -0.383 e. The summed E-state index contributed by atoms with van der Waals surface area (Å²) in [4.78, 5) is 15.8. The third kappa shape index (κ3) is 5.03. The van der Waals surface area contributed by atoms with Crippen molar-refractivity contribution in [3.8, 4) is 0 Å². The number of hydrogen-bond acceptors (Lipinski definition) is 7. The van der Waals surface area contributed by atoms with E-state index in [2.05, 4.69) is 74.2 Å². The zero-order chi connectivity index (χ0) is 22.0. The van der Waals surface area contributed by atoms with Gasteiger partial charge in [0, 0.05) is 61.4 Å². The normalized spacial score (nSPS) is 14.2. The molecule has 8 nitrogen and oxygen atoms in total. The summed E-state index contributed by atoms with van der Waals surface area (Å²) in [7, 11) is 4.16. The first-order valence-corrected chi connectivity index (χ1v) is 11.2. The van der Waals surface area contributed by atoms with E-state index in [-0.39, 0.29) is 12.4 Å². The topological polar surface area (TPSA) is 76.2 Å². The van der Waals surface area contributed by atoms with Crippen LogP contribution in [0.4, 0.5) is 17.2 Å². The van der Waals surface area contributed by atoms with Crippen molar-refractivity contribution in [1.82, 2.24) is 25.1 Å². The second-order valence-electron chi connectivity index (χ2n) is 8.25. The predicted molar refractivity (Wildman–Crippen MR) is 136 cm³/mol. The number of halogens is 2. The number of aryl methyl sites for hydroxylation is 1. The average Bonchev–Trinajstić information content (AvgIpc) is 3.19. The standard InChI is InChI=1S/C22H31ClN8.ClH/c1-5-17-20-21(28-27-17)25-14-26-22(20)31-10-8-30(9-11-31)19-13-16(23)12-18(15(19)2)24-6-7-29(3)4;/h12-14,24H,5-11H2,1-4H3,(H,25,26,27,28);1H. The van der Waals surface area contributed by atoms with Gasteiger partial charge < -0.3 is 20.0 Å². The summed E-state index contributed by atoms with van der Waals surface area (Å²) in [6, 6.07) is 4.10. The summed E-state index contributed by atoms with van der Waals surface area (Å²) in [5, 5.41) is 12.8. The smallest absolute Gasteiger partial charge is 0.186 e. The maximum absolute atomic E-state index is 6.48. The number of H-pyrrole nitrogens is 1. The number of nitrogens with one attached hydrogen (secondary N) is 2. The molecular weight excluding hydrogens is 447 g/mol. The van der Waals surface area contributed by atoms with Gasteiger partial charge in [-0.3, -0.25) is 5.10 Å². The molecule has 1 aliphatic heterocycles. The molecule has 0 amide bonds. The van der Waals surface area contributed by atoms with Gasteiger partial charge in [0.15, 0.2) is 5.65 Å². The van der Waals surface area contributed by atoms with E-state index in [0.29, 0.717) is 0 Å². The molecular formula is C22H32Cl2N8. The first-order chi connectivity index (χ1) is 15.0. The molecule has 0 spiro atoms. The van der Waals surface area contributed by atoms with Crippen LogP contribution in [0.5, 0.6) is 0 Å². The van der Waals surface area contributed by atoms with Crippen LogP contribution in [0.2, 0.25) is 5.02 Å². The average molecular weight is 479 g/mol. The van der Waals surface area contributed by atoms with E-state index >= 15 is 0 Å². The summed E-state index contributed by atoms with van der Waals surface area (Å²) < 4.78 is 0. The van der Waals surface area contributed by atoms with Gasteiger partial charge in [-0.05, 0) is 45.1 Å². The Hall–Kier alpha value is -2.29. The van der Waals surface area contributed by atoms with Gasteiger partial charge in [0.25, 0.3) is 0 Å². The number of piperazine rings is 1. The Morgan fingerprint density at radius 1 is 1.12 bits per heavy atom. The van der Waals surface area contributed by atoms with Crippen molar-refractivity contribution in [3.05, 3.63) is 34.7 Å². The van der Waals surface area contributed by atoms with Gasteiger partial charge in [0.2, 0.25) is 0 Å². The highest BCUT2D eigenvalue weighted by atomic mass is 35.5. The number of benzene rings is 1. The zero-order valence-corrected chi connectivity index (χ0v) is 20.7. The Morgan fingerprint density at radius 2 is 1.84 bits per heavy atom. The van der Waals surface area contributed by atoms with Crippen LogP contribution >= 0.6 is 24.0 Å². The van der Waals surface area contributed by atoms with Crippen LogP contribution in [0.1, 0.15) is 18.2 Å². The number of hydrogen-bond donors (Lipinski definition) is 2. The van der Waals surface area contributed by atoms with Crippen molar-refractivity contribution in [3.63, 3.8) is 0 Å². The molecule has 1 aromatic carbocycles. The van der Waals surface area contributed by atoms with Gasteiger partial charge in [0.1, 0.15) is 12.1 Å². The van der Waals surface area contributed by atoms with Crippen molar-refractivity contribution in [2.75, 3.05) is 68.5 Å². The molecule has 0 atom stereocenters. The van der Waals surface area contributed by atoms with Crippen LogP contribution in [0.3, 0.4) is 0 Å². The molecule has 0 bridgehead atoms. The van der Waals surface area contributed by atoms with Gasteiger partial charge in [-0.1, -0.05) is 18.5 Å². The molecule has 32 heavy (non-hydrogen) atoms. The van der Waals surface area contributed by atoms with Gasteiger partial charge in [-0.2, -0.15) is 5.10 Å². The molecule has 3 heterocycles. The van der Waals surface area contributed by atoms with E-state index in [9.17, 15) is 0 Å². The molecule has 0 aliphatic carbocycles. The molecule has 0 radical (unpaired) electrons. The number of fused-ring (bicyclic) bond motifs is 1. The zero-order valence-electron chi connectivity index (χ0n) is 19.2. The van der Waals surface area contributed by atoms with Gasteiger partial charge in [0.05, 0.1) is 5.39 Å². The monoisotopic (exact) mass is 478 g/mol. The lowest BCUT2D eigenvalue weighted by Crippen LogP contribution is -2.47. The summed E-state index contributed by atoms with van der Waals surface area (Å²) in [6.07, 6.45) is 2.49. The fourth-order valence-electron chi connectivity index (χ4n) is 4.14. The molecule has 2 aromatic heterocycles. The highest BCUT2D eigenvalue weighted by Gasteiger charge is 2.24. The molecule has 10 heteroatoms. The van der Waals surface area contributed by atoms with E-state index in [0.717, 1.165) is 78.9 Å². The fourth-order valence-corrected chi connectivity index (χ4v) is 4.36. The fraction of sp³-hybridized carbons (Fsp3) is 0.500. The molecule has 1 saturated heterocycles. The van der Waals surface area contributed by atoms with E-state index in [4.69, 9.17) is 11.6 Å². The molecule has 3 aromatic rings. The first-order valence-electron chi connectivity index (χ1n) is 10.8. The van der Waals surface area contributed by atoms with Crippen LogP contribution in [0.25, 0.3) is 11.0 Å². The minimum absolute atomic E-state index is 0. The largest absolute Gasteiger partial charge is 0.383 e. The number of rotatable bonds is 7.